The van der Waals surface area contributed by atoms with Crippen molar-refractivity contribution in [2.75, 3.05) is 13.3 Å². The number of carbonyl (C=O) groups is 1. The second kappa shape index (κ2) is 4.70. The summed E-state index contributed by atoms with van der Waals surface area (Å²) in [6.45, 7) is 1.31. The number of rotatable bonds is 1. The molecule has 0 aromatic carbocycles. The van der Waals surface area contributed by atoms with Crippen LogP contribution in [0.25, 0.3) is 0 Å². The lowest BCUT2D eigenvalue weighted by molar-refractivity contribution is -0.485. The molecule has 0 aliphatic carbocycles. The van der Waals surface area contributed by atoms with Crippen LogP contribution in [0.4, 0.5) is 0 Å². The maximum absolute atomic E-state index is 10.7. The molecule has 0 rings (SSSR count). The van der Waals surface area contributed by atoms with Crippen molar-refractivity contribution in [1.29, 1.82) is 0 Å². The number of hydrazone groups is 1. The average Bonchev–Trinajstić information content (AvgIpc) is 1.98. The third-order valence-corrected chi connectivity index (χ3v) is 1.83. The smallest absolute Gasteiger partial charge is 0.243 e. The van der Waals surface area contributed by atoms with E-state index in [1.54, 1.807) is 6.26 Å². The fourth-order valence-electron chi connectivity index (χ4n) is 0.449. The van der Waals surface area contributed by atoms with Gasteiger partial charge in [-0.3, -0.25) is 9.69 Å². The quantitative estimate of drug-likeness (QED) is 0.260. The molecule has 0 N–H and O–H groups in total. The number of carbonyl (C=O) groups excluding carboxylic acids is 1. The van der Waals surface area contributed by atoms with Crippen LogP contribution in [0, 0.1) is 10.1 Å². The molecule has 0 aromatic rings. The van der Waals surface area contributed by atoms with Gasteiger partial charge in [-0.05, 0) is 6.26 Å². The Kier molecular flexibility index (Phi) is 4.27. The zero-order chi connectivity index (χ0) is 9.72. The lowest BCUT2D eigenvalue weighted by atomic mass is 10.6. The highest BCUT2D eigenvalue weighted by atomic mass is 32.2. The number of hydrogen-bond donors (Lipinski definition) is 0. The first-order valence-electron chi connectivity index (χ1n) is 3.00. The molecular weight excluding hydrogens is 182 g/mol. The van der Waals surface area contributed by atoms with Gasteiger partial charge in [-0.15, -0.1) is 0 Å². The first-order chi connectivity index (χ1) is 5.49. The number of thioether (sulfide) groups is 1. The molecule has 68 valence electrons. The van der Waals surface area contributed by atoms with Crippen LogP contribution in [0.5, 0.6) is 0 Å². The lowest BCUT2D eigenvalue weighted by Crippen LogP contribution is -2.29. The van der Waals surface area contributed by atoms with E-state index in [0.717, 1.165) is 16.7 Å². The van der Waals surface area contributed by atoms with Crippen LogP contribution in [0.3, 0.4) is 0 Å². The van der Waals surface area contributed by atoms with E-state index in [1.165, 1.54) is 14.0 Å². The van der Waals surface area contributed by atoms with E-state index < -0.39 is 5.03 Å². The monoisotopic (exact) mass is 191 g/mol. The number of amidine groups is 1. The van der Waals surface area contributed by atoms with Crippen LogP contribution >= 0.6 is 11.8 Å². The summed E-state index contributed by atoms with van der Waals surface area (Å²) in [5.41, 5.74) is 0. The summed E-state index contributed by atoms with van der Waals surface area (Å²) in [5, 5.41) is 12.2. The molecule has 0 bridgehead atoms. The van der Waals surface area contributed by atoms with E-state index in [1.807, 2.05) is 0 Å². The average molecular weight is 191 g/mol. The maximum atomic E-state index is 10.7. The minimum absolute atomic E-state index is 0.0764. The van der Waals surface area contributed by atoms with Crippen molar-refractivity contribution >= 4 is 22.8 Å². The fourth-order valence-corrected chi connectivity index (χ4v) is 1.00. The van der Waals surface area contributed by atoms with E-state index >= 15 is 0 Å². The largest absolute Gasteiger partial charge is 0.290 e. The first-order valence-corrected chi connectivity index (χ1v) is 4.22. The summed E-state index contributed by atoms with van der Waals surface area (Å²) < 4.78 is 0. The molecule has 0 saturated heterocycles. The molecule has 0 heterocycles. The molecule has 0 aromatic heterocycles. The molecular formula is C5H9N3O3S. The van der Waals surface area contributed by atoms with Crippen LogP contribution in [0.15, 0.2) is 5.10 Å². The zero-order valence-corrected chi connectivity index (χ0v) is 7.79. The van der Waals surface area contributed by atoms with Gasteiger partial charge >= 0.3 is 0 Å². The standard InChI is InChI=1S/C5H9N3O3S/c1-4(9)7(2)5(12-3)6-8(10)11/h1-3H3. The summed E-state index contributed by atoms with van der Waals surface area (Å²) in [5.74, 6) is -0.287. The Labute approximate surface area is 73.8 Å². The Morgan fingerprint density at radius 2 is 2.17 bits per heavy atom. The first kappa shape index (κ1) is 10.9. The van der Waals surface area contributed by atoms with Gasteiger partial charge in [-0.25, -0.2) is 10.1 Å². The van der Waals surface area contributed by atoms with Gasteiger partial charge in [0, 0.05) is 14.0 Å². The Balaban J connectivity index is 4.55. The normalized spacial score (nSPS) is 11.1. The third kappa shape index (κ3) is 3.33. The van der Waals surface area contributed by atoms with Gasteiger partial charge in [-0.2, -0.15) is 0 Å². The Hall–Kier alpha value is -1.11. The third-order valence-electron chi connectivity index (χ3n) is 1.11. The predicted octanol–water partition coefficient (Wildman–Crippen LogP) is 0.375. The summed E-state index contributed by atoms with van der Waals surface area (Å²) in [7, 11) is 1.43. The molecule has 7 heteroatoms. The van der Waals surface area contributed by atoms with E-state index in [9.17, 15) is 14.9 Å². The van der Waals surface area contributed by atoms with Gasteiger partial charge in [0.15, 0.2) is 5.03 Å². The molecule has 12 heavy (non-hydrogen) atoms. The second-order valence-electron chi connectivity index (χ2n) is 1.90. The van der Waals surface area contributed by atoms with E-state index in [4.69, 9.17) is 0 Å². The van der Waals surface area contributed by atoms with Crippen molar-refractivity contribution in [2.45, 2.75) is 6.92 Å². The molecule has 0 aliphatic heterocycles. The number of nitro groups is 1. The highest BCUT2D eigenvalue weighted by molar-refractivity contribution is 8.13. The van der Waals surface area contributed by atoms with Crippen molar-refractivity contribution < 1.29 is 9.83 Å². The van der Waals surface area contributed by atoms with Gasteiger partial charge in [0.1, 0.15) is 0 Å². The Bertz CT molecular complexity index is 228. The minimum atomic E-state index is -0.828. The summed E-state index contributed by atoms with van der Waals surface area (Å²) in [6, 6.07) is 0. The van der Waals surface area contributed by atoms with Crippen LogP contribution in [-0.2, 0) is 4.79 Å². The predicted molar refractivity (Wildman–Crippen MR) is 46.4 cm³/mol. The molecule has 0 saturated carbocycles. The lowest BCUT2D eigenvalue weighted by Gasteiger charge is -2.11. The van der Waals surface area contributed by atoms with Crippen LogP contribution in [-0.4, -0.2) is 34.3 Å². The molecule has 0 atom stereocenters. The summed E-state index contributed by atoms with van der Waals surface area (Å²) in [6.07, 6.45) is 1.61. The highest BCUT2D eigenvalue weighted by Gasteiger charge is 2.13. The van der Waals surface area contributed by atoms with Gasteiger partial charge in [-0.1, -0.05) is 11.8 Å². The molecule has 1 amide bonds. The molecule has 0 unspecified atom stereocenters. The Morgan fingerprint density at radius 3 is 2.42 bits per heavy atom. The number of amides is 1. The topological polar surface area (TPSA) is 75.8 Å². The van der Waals surface area contributed by atoms with Crippen molar-refractivity contribution in [3.05, 3.63) is 10.1 Å². The van der Waals surface area contributed by atoms with Crippen LogP contribution in [0.2, 0.25) is 0 Å². The van der Waals surface area contributed by atoms with Crippen LogP contribution in [0.1, 0.15) is 6.92 Å². The van der Waals surface area contributed by atoms with Gasteiger partial charge in [0.2, 0.25) is 11.1 Å². The van der Waals surface area contributed by atoms with Crippen molar-refractivity contribution in [2.24, 2.45) is 5.10 Å². The molecule has 0 radical (unpaired) electrons. The highest BCUT2D eigenvalue weighted by Crippen LogP contribution is 2.03. The molecule has 0 spiro atoms. The van der Waals surface area contributed by atoms with Gasteiger partial charge in [0.25, 0.3) is 0 Å². The maximum Gasteiger partial charge on any atom is 0.243 e. The molecule has 0 fully saturated rings. The van der Waals surface area contributed by atoms with Crippen molar-refractivity contribution in [1.82, 2.24) is 4.90 Å². The summed E-state index contributed by atoms with van der Waals surface area (Å²) in [4.78, 5) is 21.8. The van der Waals surface area contributed by atoms with Crippen LogP contribution < -0.4 is 0 Å². The molecule has 0 aliphatic rings. The second-order valence-corrected chi connectivity index (χ2v) is 2.68. The van der Waals surface area contributed by atoms with Crippen molar-refractivity contribution in [3.8, 4) is 0 Å². The van der Waals surface area contributed by atoms with E-state index in [2.05, 4.69) is 5.10 Å². The fraction of sp³-hybridized carbons (Fsp3) is 0.600. The van der Waals surface area contributed by atoms with Gasteiger partial charge < -0.3 is 0 Å². The van der Waals surface area contributed by atoms with Gasteiger partial charge in [0.05, 0.1) is 5.10 Å². The molecule has 6 nitrogen and oxygen atoms in total. The van der Waals surface area contributed by atoms with E-state index in [0.29, 0.717) is 0 Å². The minimum Gasteiger partial charge on any atom is -0.290 e. The zero-order valence-electron chi connectivity index (χ0n) is 6.97. The van der Waals surface area contributed by atoms with Crippen molar-refractivity contribution in [3.63, 3.8) is 0 Å². The number of hydrogen-bond acceptors (Lipinski definition) is 4. The Morgan fingerprint density at radius 1 is 1.67 bits per heavy atom. The van der Waals surface area contributed by atoms with E-state index in [-0.39, 0.29) is 11.1 Å². The summed E-state index contributed by atoms with van der Waals surface area (Å²) >= 11 is 1.05. The number of nitrogens with zero attached hydrogens (tertiary/aromatic N) is 3. The SMILES string of the molecule is CSC(=N[N+](=O)[O-])N(C)C(C)=O.